The summed E-state index contributed by atoms with van der Waals surface area (Å²) in [5, 5.41) is 11.0. The Morgan fingerprint density at radius 1 is 0.964 bits per heavy atom. The number of alkyl halides is 6. The number of halogens is 6. The minimum Gasteiger partial charge on any atom is -0.261 e. The van der Waals surface area contributed by atoms with Gasteiger partial charge in [-0.1, -0.05) is 12.1 Å². The average Bonchev–Trinajstić information content (AvgIpc) is 2.58. The van der Waals surface area contributed by atoms with E-state index in [1.165, 1.54) is 0 Å². The number of nitrogens with zero attached hydrogens (tertiary/aromatic N) is 1. The molecule has 0 saturated carbocycles. The second-order valence-electron chi connectivity index (χ2n) is 5.30. The van der Waals surface area contributed by atoms with Crippen LogP contribution in [0.3, 0.4) is 0 Å². The molecule has 0 fully saturated rings. The molecule has 0 aromatic heterocycles. The fourth-order valence-electron chi connectivity index (χ4n) is 2.20. The molecule has 0 unspecified atom stereocenters. The first kappa shape index (κ1) is 21.6. The lowest BCUT2D eigenvalue weighted by atomic mass is 10.1. The number of rotatable bonds is 5. The molecule has 2 rings (SSSR count). The highest BCUT2D eigenvalue weighted by molar-refractivity contribution is 7.86. The molecule has 2 aromatic carbocycles. The SMILES string of the molecule is O=[N+]([O-])c1cccc(C(F)(F)F)c1COS(=O)(=O)c1cccc(C(F)(F)F)c1. The molecule has 0 aliphatic rings. The zero-order valence-electron chi connectivity index (χ0n) is 13.4. The van der Waals surface area contributed by atoms with Gasteiger partial charge in [0.05, 0.1) is 33.1 Å². The van der Waals surface area contributed by atoms with Gasteiger partial charge < -0.3 is 0 Å². The van der Waals surface area contributed by atoms with Gasteiger partial charge >= 0.3 is 12.4 Å². The van der Waals surface area contributed by atoms with Crippen LogP contribution < -0.4 is 0 Å². The molecule has 2 aromatic rings. The maximum absolute atomic E-state index is 13.1. The summed E-state index contributed by atoms with van der Waals surface area (Å²) >= 11 is 0. The summed E-state index contributed by atoms with van der Waals surface area (Å²) in [6.07, 6.45) is -9.92. The summed E-state index contributed by atoms with van der Waals surface area (Å²) in [6, 6.07) is 4.29. The first-order valence-electron chi connectivity index (χ1n) is 7.13. The highest BCUT2D eigenvalue weighted by Gasteiger charge is 2.37. The van der Waals surface area contributed by atoms with Crippen molar-refractivity contribution in [3.63, 3.8) is 0 Å². The zero-order chi connectivity index (χ0) is 21.3. The number of hydrogen-bond donors (Lipinski definition) is 0. The van der Waals surface area contributed by atoms with Crippen LogP contribution in [-0.2, 0) is 33.3 Å². The van der Waals surface area contributed by atoms with Crippen molar-refractivity contribution in [1.29, 1.82) is 0 Å². The number of hydrogen-bond acceptors (Lipinski definition) is 5. The van der Waals surface area contributed by atoms with E-state index in [0.717, 1.165) is 18.2 Å². The van der Waals surface area contributed by atoms with E-state index in [0.29, 0.717) is 18.2 Å². The Balaban J connectivity index is 2.42. The van der Waals surface area contributed by atoms with E-state index < -0.39 is 61.3 Å². The van der Waals surface area contributed by atoms with Crippen LogP contribution >= 0.6 is 0 Å². The lowest BCUT2D eigenvalue weighted by molar-refractivity contribution is -0.386. The average molecular weight is 429 g/mol. The van der Waals surface area contributed by atoms with Gasteiger partial charge in [0, 0.05) is 6.07 Å². The van der Waals surface area contributed by atoms with Crippen molar-refractivity contribution in [3.05, 3.63) is 69.3 Å². The van der Waals surface area contributed by atoms with Gasteiger partial charge in [0.1, 0.15) is 0 Å². The lowest BCUT2D eigenvalue weighted by Gasteiger charge is -2.14. The van der Waals surface area contributed by atoms with E-state index in [2.05, 4.69) is 4.18 Å². The topological polar surface area (TPSA) is 86.5 Å². The van der Waals surface area contributed by atoms with Crippen molar-refractivity contribution >= 4 is 15.8 Å². The summed E-state index contributed by atoms with van der Waals surface area (Å²) in [5.41, 5.74) is -4.94. The Morgan fingerprint density at radius 2 is 1.57 bits per heavy atom. The molecule has 152 valence electrons. The number of benzene rings is 2. The second kappa shape index (κ2) is 7.39. The molecular formula is C15H9F6NO5S. The summed E-state index contributed by atoms with van der Waals surface area (Å²) in [4.78, 5) is 8.83. The van der Waals surface area contributed by atoms with Crippen LogP contribution in [0.2, 0.25) is 0 Å². The Hall–Kier alpha value is -2.67. The summed E-state index contributed by atoms with van der Waals surface area (Å²) in [7, 11) is -4.94. The minimum absolute atomic E-state index is 0.236. The van der Waals surface area contributed by atoms with Gasteiger partial charge in [-0.25, -0.2) is 0 Å². The van der Waals surface area contributed by atoms with Gasteiger partial charge in [-0.3, -0.25) is 14.3 Å². The predicted molar refractivity (Wildman–Crippen MR) is 81.5 cm³/mol. The van der Waals surface area contributed by atoms with Crippen molar-refractivity contribution in [3.8, 4) is 0 Å². The Labute approximate surface area is 153 Å². The molecule has 6 nitrogen and oxygen atoms in total. The molecule has 0 bridgehead atoms. The van der Waals surface area contributed by atoms with Crippen LogP contribution in [0.25, 0.3) is 0 Å². The molecule has 0 radical (unpaired) electrons. The summed E-state index contributed by atoms with van der Waals surface area (Å²) in [6.45, 7) is -1.40. The standard InChI is InChI=1S/C15H9F6NO5S/c16-14(17,18)9-3-1-4-10(7-9)28(25,26)27-8-11-12(15(19,20)21)5-2-6-13(11)22(23)24/h1-7H,8H2. The molecule has 0 saturated heterocycles. The molecule has 0 N–H and O–H groups in total. The largest absolute Gasteiger partial charge is 0.417 e. The van der Waals surface area contributed by atoms with E-state index >= 15 is 0 Å². The summed E-state index contributed by atoms with van der Waals surface area (Å²) < 4.78 is 106. The van der Waals surface area contributed by atoms with Crippen LogP contribution in [-0.4, -0.2) is 13.3 Å². The third-order valence-corrected chi connectivity index (χ3v) is 4.72. The van der Waals surface area contributed by atoms with Crippen LogP contribution in [0, 0.1) is 10.1 Å². The molecule has 0 aliphatic heterocycles. The maximum atomic E-state index is 13.1. The van der Waals surface area contributed by atoms with Crippen molar-refractivity contribution in [2.24, 2.45) is 0 Å². The van der Waals surface area contributed by atoms with Gasteiger partial charge in [0.2, 0.25) is 0 Å². The number of nitro groups is 1. The lowest BCUT2D eigenvalue weighted by Crippen LogP contribution is -2.15. The van der Waals surface area contributed by atoms with E-state index in [-0.39, 0.29) is 6.07 Å². The molecule has 0 atom stereocenters. The van der Waals surface area contributed by atoms with Crippen molar-refractivity contribution in [2.45, 2.75) is 23.9 Å². The molecule has 28 heavy (non-hydrogen) atoms. The first-order chi connectivity index (χ1) is 12.7. The third-order valence-electron chi connectivity index (χ3n) is 3.46. The fraction of sp³-hybridized carbons (Fsp3) is 0.200. The molecule has 0 aliphatic carbocycles. The summed E-state index contributed by atoms with van der Waals surface area (Å²) in [5.74, 6) is 0. The molecule has 0 spiro atoms. The zero-order valence-corrected chi connectivity index (χ0v) is 14.2. The smallest absolute Gasteiger partial charge is 0.261 e. The molecule has 0 heterocycles. The van der Waals surface area contributed by atoms with Crippen LogP contribution in [0.1, 0.15) is 16.7 Å². The van der Waals surface area contributed by atoms with Gasteiger partial charge in [-0.15, -0.1) is 0 Å². The van der Waals surface area contributed by atoms with Crippen LogP contribution in [0.4, 0.5) is 32.0 Å². The van der Waals surface area contributed by atoms with Gasteiger partial charge in [-0.2, -0.15) is 34.8 Å². The molecule has 0 amide bonds. The Kier molecular flexibility index (Phi) is 5.71. The van der Waals surface area contributed by atoms with Crippen molar-refractivity contribution in [1.82, 2.24) is 0 Å². The number of nitro benzene ring substituents is 1. The second-order valence-corrected chi connectivity index (χ2v) is 6.92. The van der Waals surface area contributed by atoms with E-state index in [9.17, 15) is 44.9 Å². The maximum Gasteiger partial charge on any atom is 0.417 e. The highest BCUT2D eigenvalue weighted by Crippen LogP contribution is 2.37. The van der Waals surface area contributed by atoms with Gasteiger partial charge in [-0.05, 0) is 24.3 Å². The molecule has 13 heteroatoms. The Bertz CT molecular complexity index is 1000. The predicted octanol–water partition coefficient (Wildman–Crippen LogP) is 4.54. The fourth-order valence-corrected chi connectivity index (χ4v) is 3.12. The van der Waals surface area contributed by atoms with Crippen LogP contribution in [0.15, 0.2) is 47.4 Å². The monoisotopic (exact) mass is 429 g/mol. The normalized spacial score (nSPS) is 12.8. The van der Waals surface area contributed by atoms with Gasteiger partial charge in [0.15, 0.2) is 0 Å². The van der Waals surface area contributed by atoms with Gasteiger partial charge in [0.25, 0.3) is 15.8 Å². The van der Waals surface area contributed by atoms with E-state index in [1.54, 1.807) is 0 Å². The minimum atomic E-state index is -5.05. The highest BCUT2D eigenvalue weighted by atomic mass is 32.2. The Morgan fingerprint density at radius 3 is 2.11 bits per heavy atom. The third kappa shape index (κ3) is 4.78. The molecular weight excluding hydrogens is 420 g/mol. The van der Waals surface area contributed by atoms with Crippen LogP contribution in [0.5, 0.6) is 0 Å². The first-order valence-corrected chi connectivity index (χ1v) is 8.54. The van der Waals surface area contributed by atoms with Crippen molar-refractivity contribution < 1.29 is 43.9 Å². The quantitative estimate of drug-likeness (QED) is 0.302. The van der Waals surface area contributed by atoms with Crippen molar-refractivity contribution in [2.75, 3.05) is 0 Å². The van der Waals surface area contributed by atoms with E-state index in [4.69, 9.17) is 0 Å². The van der Waals surface area contributed by atoms with E-state index in [1.807, 2.05) is 0 Å².